The largest absolute Gasteiger partial charge is 0.481 e. The molecule has 684 valence electrons. The van der Waals surface area contributed by atoms with Gasteiger partial charge in [-0.2, -0.15) is 0 Å². The van der Waals surface area contributed by atoms with Gasteiger partial charge in [0.2, 0.25) is 88.6 Å². The van der Waals surface area contributed by atoms with Crippen LogP contribution >= 0.6 is 34.4 Å². The number of benzene rings is 3. The summed E-state index contributed by atoms with van der Waals surface area (Å²) in [6.07, 6.45) is -1.10. The number of guanidine groups is 2. The molecule has 125 heavy (non-hydrogen) atoms. The van der Waals surface area contributed by atoms with E-state index in [0.29, 0.717) is 24.2 Å². The zero-order valence-corrected chi connectivity index (χ0v) is 74.5. The van der Waals surface area contributed by atoms with Gasteiger partial charge < -0.3 is 111 Å². The van der Waals surface area contributed by atoms with E-state index in [9.17, 15) is 67.4 Å². The molecule has 3 aromatic carbocycles. The van der Waals surface area contributed by atoms with Crippen LogP contribution in [0, 0.1) is 32.1 Å². The zero-order chi connectivity index (χ0) is 91.7. The van der Waals surface area contributed by atoms with Crippen LogP contribution in [0.5, 0.6) is 0 Å². The molecule has 40 nitrogen and oxygen atoms in total. The second-order valence-electron chi connectivity index (χ2n) is 32.5. The number of nitrogens with two attached hydrogens (primary N) is 3. The summed E-state index contributed by atoms with van der Waals surface area (Å²) in [6.45, 7) is 9.62. The van der Waals surface area contributed by atoms with Gasteiger partial charge >= 0.3 is 5.97 Å². The Labute approximate surface area is 744 Å². The second kappa shape index (κ2) is 50.0. The monoisotopic (exact) mass is 1870 g/mol. The molecule has 15 amide bonds. The van der Waals surface area contributed by atoms with Crippen LogP contribution in [0.2, 0.25) is 0 Å². The van der Waals surface area contributed by atoms with Crippen LogP contribution in [0.3, 0.4) is 0 Å². The average Bonchev–Trinajstić information content (AvgIpc) is 1.82. The van der Waals surface area contributed by atoms with E-state index in [1.807, 2.05) is 47.4 Å². The number of thioether (sulfide) groups is 1. The smallest absolute Gasteiger partial charge is 0.305 e. The van der Waals surface area contributed by atoms with Crippen molar-refractivity contribution in [1.82, 2.24) is 88.7 Å². The van der Waals surface area contributed by atoms with Gasteiger partial charge in [0.1, 0.15) is 72.5 Å². The molecule has 4 fully saturated rings. The van der Waals surface area contributed by atoms with Crippen LogP contribution in [0.25, 0.3) is 11.1 Å². The fraction of sp³-hybridized carbons (Fsp3) is 0.566. The summed E-state index contributed by atoms with van der Waals surface area (Å²) in [5.74, 6) is -18.1. The number of hydrogen-bond donors (Lipinski definition) is 19. The molecule has 4 aliphatic rings. The predicted octanol–water partition coefficient (Wildman–Crippen LogP) is -2.93. The number of rotatable bonds is 24. The van der Waals surface area contributed by atoms with E-state index in [1.165, 1.54) is 16.8 Å². The molecule has 0 unspecified atom stereocenters. The minimum absolute atomic E-state index is 0.00286. The van der Waals surface area contributed by atoms with Crippen molar-refractivity contribution >= 4 is 141 Å². The number of aliphatic carboxylic acids is 1. The van der Waals surface area contributed by atoms with Gasteiger partial charge in [0, 0.05) is 75.0 Å². The van der Waals surface area contributed by atoms with Gasteiger partial charge in [0.25, 0.3) is 0 Å². The van der Waals surface area contributed by atoms with E-state index in [-0.39, 0.29) is 128 Å². The maximum atomic E-state index is 15.4. The van der Waals surface area contributed by atoms with Gasteiger partial charge in [-0.25, -0.2) is 0 Å². The van der Waals surface area contributed by atoms with Crippen molar-refractivity contribution in [1.29, 1.82) is 10.8 Å². The van der Waals surface area contributed by atoms with Crippen LogP contribution in [0.15, 0.2) is 78.9 Å². The predicted molar refractivity (Wildman–Crippen MR) is 471 cm³/mol. The van der Waals surface area contributed by atoms with Crippen LogP contribution in [-0.4, -0.2) is 294 Å². The molecule has 3 aromatic rings. The molecule has 0 radical (unpaired) electrons. The minimum Gasteiger partial charge on any atom is -0.481 e. The third-order valence-corrected chi connectivity index (χ3v) is 23.2. The number of hydrogen-bond acceptors (Lipinski definition) is 21. The normalized spacial score (nSPS) is 24.4. The van der Waals surface area contributed by atoms with Crippen LogP contribution < -0.4 is 86.3 Å². The highest BCUT2D eigenvalue weighted by atomic mass is 127. The minimum atomic E-state index is -1.90. The van der Waals surface area contributed by atoms with Gasteiger partial charge in [-0.1, -0.05) is 108 Å². The zero-order valence-electron chi connectivity index (χ0n) is 71.5. The second-order valence-corrected chi connectivity index (χ2v) is 34.8. The van der Waals surface area contributed by atoms with Crippen molar-refractivity contribution in [2.24, 2.45) is 35.0 Å². The number of morpholine rings is 1. The molecule has 22 N–H and O–H groups in total. The third kappa shape index (κ3) is 32.7. The molecular formula is C83H121IN22O18S. The number of amides is 15. The molecule has 0 saturated carbocycles. The fourth-order valence-corrected chi connectivity index (χ4v) is 16.0. The number of halogens is 1. The molecule has 4 heterocycles. The lowest BCUT2D eigenvalue weighted by Crippen LogP contribution is -2.61. The van der Waals surface area contributed by atoms with Crippen LogP contribution in [0.4, 0.5) is 0 Å². The number of nitrogens with zero attached hydrogens (tertiary/aromatic N) is 4. The first-order valence-corrected chi connectivity index (χ1v) is 44.2. The number of primary amides is 1. The SMILES string of the molecule is CC(C)C[C@@H]1NC(=O)[C@H](CCCNC(=N)N)NC(=O)[C@H](C(C)C)NC(=O)[C@@H]2CCCN2C(=O)[C@H](C(C)C)NC(=O)[C@@H](CCCNC(=N)N)NC(=O)[C@H](CC(=O)O)NC(=O)[C@@H]2CCCN2C(=O)CN(C)C(=O)[C@H](Cc2ccc(I)cc2)NC(=O)[C@H](Cc2ccc(-c3ccccc3)cc2)NC(=O)[C@H](CN2CCOCC2)NC(=O)CSC[C@@H](C(=O)NCC(N)=O)NC1=O. The highest BCUT2D eigenvalue weighted by Gasteiger charge is 2.44. The van der Waals surface area contributed by atoms with E-state index < -0.39 is 216 Å². The third-order valence-electron chi connectivity index (χ3n) is 21.4. The molecule has 0 spiro atoms. The number of carbonyl (C=O) groups excluding carboxylic acids is 15. The van der Waals surface area contributed by atoms with Crippen molar-refractivity contribution in [3.8, 4) is 11.1 Å². The van der Waals surface area contributed by atoms with Crippen molar-refractivity contribution in [3.63, 3.8) is 0 Å². The Morgan fingerprint density at radius 3 is 1.59 bits per heavy atom. The van der Waals surface area contributed by atoms with E-state index >= 15 is 14.4 Å². The number of nitrogens with one attached hydrogen (secondary N) is 15. The summed E-state index contributed by atoms with van der Waals surface area (Å²) in [4.78, 5) is 237. The molecule has 42 heteroatoms. The maximum Gasteiger partial charge on any atom is 0.305 e. The first kappa shape index (κ1) is 101. The Morgan fingerprint density at radius 1 is 0.536 bits per heavy atom. The van der Waals surface area contributed by atoms with E-state index in [1.54, 1.807) is 77.9 Å². The van der Waals surface area contributed by atoms with Gasteiger partial charge in [-0.3, -0.25) is 92.4 Å². The van der Waals surface area contributed by atoms with E-state index in [0.717, 1.165) is 31.4 Å². The van der Waals surface area contributed by atoms with Gasteiger partial charge in [-0.15, -0.1) is 11.8 Å². The average molecular weight is 1870 g/mol. The lowest BCUT2D eigenvalue weighted by molar-refractivity contribution is -0.145. The number of carbonyl (C=O) groups is 16. The lowest BCUT2D eigenvalue weighted by atomic mass is 9.99. The summed E-state index contributed by atoms with van der Waals surface area (Å²) in [5.41, 5.74) is 19.4. The Balaban J connectivity index is 1.29. The first-order valence-electron chi connectivity index (χ1n) is 41.9. The Kier molecular flexibility index (Phi) is 40.3. The Bertz CT molecular complexity index is 4300. The summed E-state index contributed by atoms with van der Waals surface area (Å²) < 4.78 is 6.46. The van der Waals surface area contributed by atoms with Gasteiger partial charge in [0.15, 0.2) is 11.9 Å². The van der Waals surface area contributed by atoms with Crippen molar-refractivity contribution in [2.45, 2.75) is 191 Å². The van der Waals surface area contributed by atoms with Gasteiger partial charge in [-0.05, 0) is 133 Å². The molecule has 4 saturated heterocycles. The lowest BCUT2D eigenvalue weighted by Gasteiger charge is -2.33. The number of carboxylic acid groups (broad SMARTS) is 1. The number of carboxylic acids is 1. The number of likely N-dealkylation sites (N-methyl/N-ethyl adjacent to an activating group) is 1. The Hall–Kier alpha value is -11.3. The highest BCUT2D eigenvalue weighted by Crippen LogP contribution is 2.25. The first-order chi connectivity index (χ1) is 59.3. The summed E-state index contributed by atoms with van der Waals surface area (Å²) >= 11 is 2.94. The van der Waals surface area contributed by atoms with E-state index in [2.05, 4.69) is 91.7 Å². The van der Waals surface area contributed by atoms with Crippen molar-refractivity contribution in [2.75, 3.05) is 90.7 Å². The van der Waals surface area contributed by atoms with Crippen molar-refractivity contribution in [3.05, 3.63) is 93.6 Å². The summed E-state index contributed by atoms with van der Waals surface area (Å²) in [7, 11) is 1.31. The highest BCUT2D eigenvalue weighted by molar-refractivity contribution is 14.1. The van der Waals surface area contributed by atoms with Crippen LogP contribution in [0.1, 0.15) is 117 Å². The van der Waals surface area contributed by atoms with E-state index in [4.69, 9.17) is 32.8 Å². The quantitative estimate of drug-likeness (QED) is 0.0185. The molecule has 0 aliphatic carbocycles. The topological polar surface area (TPSA) is 598 Å². The van der Waals surface area contributed by atoms with Gasteiger partial charge in [0.05, 0.1) is 38.5 Å². The maximum absolute atomic E-state index is 15.4. The van der Waals surface area contributed by atoms with Crippen LogP contribution in [-0.2, 0) is 94.3 Å². The number of fused-ring (bicyclic) bond motifs is 2. The summed E-state index contributed by atoms with van der Waals surface area (Å²) in [6, 6.07) is 5.99. The van der Waals surface area contributed by atoms with Crippen molar-refractivity contribution < 1.29 is 86.6 Å². The molecule has 0 aromatic heterocycles. The molecule has 0 bridgehead atoms. The number of ether oxygens (including phenoxy) is 1. The standard InChI is InChI=1S/C83H121IN22O18S/c1-46(2)37-56-73(115)100-61(70(112)92-41-64(85)107)44-125-45-65(108)93-60(42-104-33-35-124-36-34-104)76(118)97-57(38-49-21-25-52(26-22-49)51-15-9-8-10-16-51)74(116)99-59(39-50-23-27-53(84)28-24-50)80(122)103(7)43-66(109)105-31-13-19-62(105)77(119)98-58(40-67(110)111)75(117)94-55(18-12-30-91-83(88)89)72(114)102-69(48(5)6)81(123)106-32-14-20-63(106)78(120)101-68(47(3)4)79(121)95-54(71(113)96-56)17-11-29-90-82(86)87/h8-10,15-16,21-28,46-48,54-63,68-69H,11-14,17-20,29-45H2,1-7H3,(H2,85,107)(H,92,112)(H,93,108)(H,94,117)(H,95,121)(H,96,113)(H,97,118)(H,98,119)(H,99,116)(H,100,115)(H,101,120)(H,102,114)(H,110,111)(H4,86,87,90)(H4,88,89,91)/t54-,55+,56-,57-,58-,59-,60-,61-,62-,63-,68-,69-/m0/s1. The molecule has 4 aliphatic heterocycles. The molecule has 7 rings (SSSR count). The molecular weight excluding hydrogens is 1750 g/mol. The molecule has 12 atom stereocenters. The summed E-state index contributed by atoms with van der Waals surface area (Å²) in [5, 5.41) is 60.4. The Morgan fingerprint density at radius 2 is 1.02 bits per heavy atom. The fourth-order valence-electron chi connectivity index (χ4n) is 14.8.